The van der Waals surface area contributed by atoms with Crippen LogP contribution in [0.5, 0.6) is 5.75 Å². The Kier molecular flexibility index (Phi) is 3.10. The lowest BCUT2D eigenvalue weighted by atomic mass is 10.2. The SMILES string of the molecule is NCCn1cnc2c(O)c(I)ccc2c1=O. The predicted octanol–water partition coefficient (Wildman–Crippen LogP) is 0.665. The third-order valence-corrected chi connectivity index (χ3v) is 3.16. The smallest absolute Gasteiger partial charge is 0.261 e. The molecule has 3 N–H and O–H groups in total. The van der Waals surface area contributed by atoms with Crippen molar-refractivity contribution in [1.29, 1.82) is 0 Å². The van der Waals surface area contributed by atoms with Gasteiger partial charge in [-0.2, -0.15) is 0 Å². The highest BCUT2D eigenvalue weighted by atomic mass is 127. The quantitative estimate of drug-likeness (QED) is 0.793. The summed E-state index contributed by atoms with van der Waals surface area (Å²) < 4.78 is 2.11. The van der Waals surface area contributed by atoms with Crippen molar-refractivity contribution in [3.8, 4) is 5.75 Å². The van der Waals surface area contributed by atoms with Gasteiger partial charge < -0.3 is 10.8 Å². The van der Waals surface area contributed by atoms with E-state index >= 15 is 0 Å². The molecule has 0 spiro atoms. The van der Waals surface area contributed by atoms with Crippen LogP contribution in [0.2, 0.25) is 0 Å². The van der Waals surface area contributed by atoms with Gasteiger partial charge in [-0.1, -0.05) is 0 Å². The summed E-state index contributed by atoms with van der Waals surface area (Å²) in [5.74, 6) is 0.0510. The molecule has 5 nitrogen and oxygen atoms in total. The first kappa shape index (κ1) is 11.3. The van der Waals surface area contributed by atoms with Gasteiger partial charge in [0.2, 0.25) is 0 Å². The van der Waals surface area contributed by atoms with Gasteiger partial charge in [0.05, 0.1) is 15.3 Å². The summed E-state index contributed by atoms with van der Waals surface area (Å²) in [6.07, 6.45) is 1.41. The minimum absolute atomic E-state index is 0.0510. The van der Waals surface area contributed by atoms with E-state index < -0.39 is 0 Å². The zero-order chi connectivity index (χ0) is 11.7. The number of aromatic hydroxyl groups is 1. The Morgan fingerprint density at radius 1 is 1.50 bits per heavy atom. The molecule has 0 saturated heterocycles. The topological polar surface area (TPSA) is 81.1 Å². The van der Waals surface area contributed by atoms with Crippen molar-refractivity contribution in [2.24, 2.45) is 5.73 Å². The molecule has 2 rings (SSSR count). The standard InChI is InChI=1S/C10H10IN3O2/c11-7-2-1-6-8(9(7)15)13-5-14(4-3-12)10(6)16/h1-2,5,15H,3-4,12H2. The molecular weight excluding hydrogens is 321 g/mol. The fourth-order valence-electron chi connectivity index (χ4n) is 1.49. The van der Waals surface area contributed by atoms with E-state index in [0.29, 0.717) is 27.6 Å². The summed E-state index contributed by atoms with van der Waals surface area (Å²) in [5, 5.41) is 10.2. The van der Waals surface area contributed by atoms with Crippen LogP contribution < -0.4 is 11.3 Å². The minimum Gasteiger partial charge on any atom is -0.505 e. The number of hydrogen-bond acceptors (Lipinski definition) is 4. The molecule has 0 amide bonds. The molecule has 84 valence electrons. The lowest BCUT2D eigenvalue weighted by Crippen LogP contribution is -2.24. The Hall–Kier alpha value is -1.15. The second-order valence-electron chi connectivity index (χ2n) is 3.32. The van der Waals surface area contributed by atoms with Crippen molar-refractivity contribution in [2.75, 3.05) is 6.54 Å². The van der Waals surface area contributed by atoms with Crippen molar-refractivity contribution in [2.45, 2.75) is 6.54 Å². The van der Waals surface area contributed by atoms with Crippen molar-refractivity contribution >= 4 is 33.5 Å². The van der Waals surface area contributed by atoms with Gasteiger partial charge >= 0.3 is 0 Å². The first-order valence-electron chi connectivity index (χ1n) is 4.72. The first-order chi connectivity index (χ1) is 7.65. The summed E-state index contributed by atoms with van der Waals surface area (Å²) in [6.45, 7) is 0.804. The summed E-state index contributed by atoms with van der Waals surface area (Å²) in [7, 11) is 0. The van der Waals surface area contributed by atoms with Crippen LogP contribution in [0.4, 0.5) is 0 Å². The van der Waals surface area contributed by atoms with Crippen LogP contribution in [-0.4, -0.2) is 21.2 Å². The molecule has 0 aliphatic heterocycles. The van der Waals surface area contributed by atoms with E-state index in [1.54, 1.807) is 12.1 Å². The van der Waals surface area contributed by atoms with Gasteiger partial charge in [-0.15, -0.1) is 0 Å². The summed E-state index contributed by atoms with van der Waals surface area (Å²) in [4.78, 5) is 16.0. The maximum absolute atomic E-state index is 11.9. The molecule has 6 heteroatoms. The highest BCUT2D eigenvalue weighted by Crippen LogP contribution is 2.25. The monoisotopic (exact) mass is 331 g/mol. The van der Waals surface area contributed by atoms with Crippen LogP contribution in [0, 0.1) is 3.57 Å². The Labute approximate surface area is 105 Å². The molecule has 0 radical (unpaired) electrons. The van der Waals surface area contributed by atoms with Gasteiger partial charge in [0.15, 0.2) is 5.75 Å². The lowest BCUT2D eigenvalue weighted by molar-refractivity contribution is 0.476. The first-order valence-corrected chi connectivity index (χ1v) is 5.79. The van der Waals surface area contributed by atoms with Crippen LogP contribution in [-0.2, 0) is 6.54 Å². The molecule has 0 fully saturated rings. The van der Waals surface area contributed by atoms with Crippen LogP contribution >= 0.6 is 22.6 Å². The van der Waals surface area contributed by atoms with Crippen LogP contribution in [0.15, 0.2) is 23.3 Å². The largest absolute Gasteiger partial charge is 0.505 e. The fourth-order valence-corrected chi connectivity index (χ4v) is 1.93. The molecular formula is C10H10IN3O2. The maximum atomic E-state index is 11.9. The average molecular weight is 331 g/mol. The summed E-state index contributed by atoms with van der Waals surface area (Å²) in [6, 6.07) is 3.35. The number of aromatic nitrogens is 2. The summed E-state index contributed by atoms with van der Waals surface area (Å²) >= 11 is 1.99. The van der Waals surface area contributed by atoms with Gasteiger partial charge in [-0.25, -0.2) is 4.98 Å². The second-order valence-corrected chi connectivity index (χ2v) is 4.49. The number of hydrogen-bond donors (Lipinski definition) is 2. The van der Waals surface area contributed by atoms with Gasteiger partial charge in [-0.3, -0.25) is 9.36 Å². The van der Waals surface area contributed by atoms with Gasteiger partial charge in [0.25, 0.3) is 5.56 Å². The number of phenols is 1. The van der Waals surface area contributed by atoms with Gasteiger partial charge in [-0.05, 0) is 34.7 Å². The van der Waals surface area contributed by atoms with E-state index in [9.17, 15) is 9.90 Å². The number of nitrogens with zero attached hydrogens (tertiary/aromatic N) is 2. The Morgan fingerprint density at radius 3 is 2.94 bits per heavy atom. The molecule has 1 aromatic heterocycles. The van der Waals surface area contributed by atoms with E-state index in [1.165, 1.54) is 10.9 Å². The number of fused-ring (bicyclic) bond motifs is 1. The molecule has 1 aromatic carbocycles. The third-order valence-electron chi connectivity index (χ3n) is 2.29. The van der Waals surface area contributed by atoms with Crippen LogP contribution in [0.3, 0.4) is 0 Å². The highest BCUT2D eigenvalue weighted by molar-refractivity contribution is 14.1. The second kappa shape index (κ2) is 4.38. The summed E-state index contributed by atoms with van der Waals surface area (Å²) in [5.41, 5.74) is 5.55. The number of phenolic OH excluding ortho intramolecular Hbond substituents is 1. The van der Waals surface area contributed by atoms with Crippen LogP contribution in [0.25, 0.3) is 10.9 Å². The van der Waals surface area contributed by atoms with Crippen molar-refractivity contribution in [1.82, 2.24) is 9.55 Å². The molecule has 2 aromatic rings. The number of benzene rings is 1. The molecule has 16 heavy (non-hydrogen) atoms. The van der Waals surface area contributed by atoms with E-state index in [-0.39, 0.29) is 11.3 Å². The lowest BCUT2D eigenvalue weighted by Gasteiger charge is -2.06. The zero-order valence-electron chi connectivity index (χ0n) is 8.35. The molecule has 0 atom stereocenters. The van der Waals surface area contributed by atoms with Crippen molar-refractivity contribution in [3.05, 3.63) is 32.4 Å². The maximum Gasteiger partial charge on any atom is 0.261 e. The Morgan fingerprint density at radius 2 is 2.25 bits per heavy atom. The molecule has 0 saturated carbocycles. The molecule has 0 aliphatic rings. The molecule has 0 unspecified atom stereocenters. The van der Waals surface area contributed by atoms with E-state index in [4.69, 9.17) is 5.73 Å². The number of halogens is 1. The zero-order valence-corrected chi connectivity index (χ0v) is 10.5. The van der Waals surface area contributed by atoms with Crippen LogP contribution in [0.1, 0.15) is 0 Å². The average Bonchev–Trinajstić information content (AvgIpc) is 2.28. The van der Waals surface area contributed by atoms with Gasteiger partial charge in [0, 0.05) is 13.1 Å². The fraction of sp³-hybridized carbons (Fsp3) is 0.200. The molecule has 0 bridgehead atoms. The van der Waals surface area contributed by atoms with E-state index in [0.717, 1.165) is 0 Å². The Balaban J connectivity index is 2.77. The predicted molar refractivity (Wildman–Crippen MR) is 69.4 cm³/mol. The van der Waals surface area contributed by atoms with Crippen molar-refractivity contribution < 1.29 is 5.11 Å². The van der Waals surface area contributed by atoms with Gasteiger partial charge in [0.1, 0.15) is 5.52 Å². The molecule has 1 heterocycles. The normalized spacial score (nSPS) is 10.9. The number of nitrogens with two attached hydrogens (primary N) is 1. The van der Waals surface area contributed by atoms with Crippen molar-refractivity contribution in [3.63, 3.8) is 0 Å². The minimum atomic E-state index is -0.179. The van der Waals surface area contributed by atoms with E-state index in [1.807, 2.05) is 22.6 Å². The molecule has 0 aliphatic carbocycles. The third kappa shape index (κ3) is 1.78. The highest BCUT2D eigenvalue weighted by Gasteiger charge is 2.09. The Bertz CT molecular complexity index is 594. The van der Waals surface area contributed by atoms with E-state index in [2.05, 4.69) is 4.98 Å². The number of rotatable bonds is 2.